The van der Waals surface area contributed by atoms with E-state index in [9.17, 15) is 9.59 Å². The van der Waals surface area contributed by atoms with Crippen LogP contribution in [0.3, 0.4) is 0 Å². The van der Waals surface area contributed by atoms with Gasteiger partial charge < -0.3 is 16.0 Å². The molecule has 2 amide bonds. The Morgan fingerprint density at radius 3 is 2.64 bits per heavy atom. The van der Waals surface area contributed by atoms with Gasteiger partial charge in [-0.05, 0) is 49.2 Å². The van der Waals surface area contributed by atoms with Crippen LogP contribution < -0.4 is 16.0 Å². The lowest BCUT2D eigenvalue weighted by molar-refractivity contribution is -0.117. The molecule has 0 unspecified atom stereocenters. The molecule has 3 rings (SSSR count). The van der Waals surface area contributed by atoms with Crippen LogP contribution in [-0.2, 0) is 4.79 Å². The summed E-state index contributed by atoms with van der Waals surface area (Å²) < 4.78 is 0. The molecule has 0 radical (unpaired) electrons. The molecular weight excluding hydrogens is 316 g/mol. The van der Waals surface area contributed by atoms with E-state index in [-0.39, 0.29) is 5.91 Å². The van der Waals surface area contributed by atoms with Crippen molar-refractivity contribution in [1.29, 1.82) is 5.26 Å². The summed E-state index contributed by atoms with van der Waals surface area (Å²) in [5.74, 6) is -0.594. The average Bonchev–Trinajstić information content (AvgIpc) is 2.97. The smallest absolute Gasteiger partial charge is 0.250 e. The predicted molar refractivity (Wildman–Crippen MR) is 95.2 cm³/mol. The average molecular weight is 334 g/mol. The molecule has 1 heterocycles. The molecule has 126 valence electrons. The molecule has 1 aliphatic heterocycles. The van der Waals surface area contributed by atoms with E-state index < -0.39 is 11.9 Å². The number of carbonyl (C=O) groups is 2. The van der Waals surface area contributed by atoms with Crippen LogP contribution in [0, 0.1) is 18.3 Å². The molecule has 6 nitrogen and oxygen atoms in total. The van der Waals surface area contributed by atoms with Crippen molar-refractivity contribution in [3.05, 3.63) is 59.2 Å². The molecule has 25 heavy (non-hydrogen) atoms. The lowest BCUT2D eigenvalue weighted by Crippen LogP contribution is -2.34. The quantitative estimate of drug-likeness (QED) is 0.895. The zero-order valence-electron chi connectivity index (χ0n) is 13.8. The van der Waals surface area contributed by atoms with E-state index in [0.717, 1.165) is 11.3 Å². The molecule has 1 saturated heterocycles. The van der Waals surface area contributed by atoms with E-state index in [1.165, 1.54) is 0 Å². The van der Waals surface area contributed by atoms with Crippen molar-refractivity contribution in [2.75, 3.05) is 16.8 Å². The molecule has 2 aromatic rings. The number of carbonyl (C=O) groups excluding carboxylic acids is 2. The van der Waals surface area contributed by atoms with Crippen LogP contribution in [0.1, 0.15) is 27.9 Å². The number of nitriles is 1. The summed E-state index contributed by atoms with van der Waals surface area (Å²) in [6, 6.07) is 13.8. The van der Waals surface area contributed by atoms with Crippen LogP contribution >= 0.6 is 0 Å². The highest BCUT2D eigenvalue weighted by Gasteiger charge is 2.33. The number of para-hydroxylation sites is 1. The fraction of sp³-hybridized carbons (Fsp3) is 0.211. The summed E-state index contributed by atoms with van der Waals surface area (Å²) in [5.41, 5.74) is 8.59. The lowest BCUT2D eigenvalue weighted by Gasteiger charge is -2.19. The summed E-state index contributed by atoms with van der Waals surface area (Å²) in [6.07, 6.45) is 0.616. The number of aryl methyl sites for hydroxylation is 1. The van der Waals surface area contributed by atoms with Crippen molar-refractivity contribution in [1.82, 2.24) is 0 Å². The van der Waals surface area contributed by atoms with E-state index in [2.05, 4.69) is 11.4 Å². The highest BCUT2D eigenvalue weighted by molar-refractivity contribution is 6.03. The standard InChI is InChI=1S/C19H18N4O2/c1-12-3-2-4-15(18(21)24)17(12)22-16-9-10-23(19(16)25)14-7-5-13(11-20)6-8-14/h2-8,16,22H,9-10H2,1H3,(H2,21,24)/t16-/m1/s1. The van der Waals surface area contributed by atoms with Gasteiger partial charge in [-0.25, -0.2) is 0 Å². The summed E-state index contributed by atoms with van der Waals surface area (Å²) in [4.78, 5) is 26.1. The lowest BCUT2D eigenvalue weighted by atomic mass is 10.1. The maximum absolute atomic E-state index is 12.7. The second kappa shape index (κ2) is 6.65. The second-order valence-electron chi connectivity index (χ2n) is 6.00. The van der Waals surface area contributed by atoms with Gasteiger partial charge >= 0.3 is 0 Å². The molecule has 3 N–H and O–H groups in total. The Labute approximate surface area is 145 Å². The molecule has 0 spiro atoms. The summed E-state index contributed by atoms with van der Waals surface area (Å²) >= 11 is 0. The van der Waals surface area contributed by atoms with Crippen molar-refractivity contribution < 1.29 is 9.59 Å². The van der Waals surface area contributed by atoms with Gasteiger partial charge in [0, 0.05) is 12.2 Å². The van der Waals surface area contributed by atoms with E-state index in [4.69, 9.17) is 11.0 Å². The van der Waals surface area contributed by atoms with E-state index >= 15 is 0 Å². The third-order valence-electron chi connectivity index (χ3n) is 4.37. The van der Waals surface area contributed by atoms with Gasteiger partial charge in [0.1, 0.15) is 6.04 Å². The van der Waals surface area contributed by atoms with E-state index in [0.29, 0.717) is 29.8 Å². The molecule has 0 aromatic heterocycles. The van der Waals surface area contributed by atoms with Gasteiger partial charge in [0.05, 0.1) is 22.9 Å². The number of anilines is 2. The van der Waals surface area contributed by atoms with Gasteiger partial charge in [-0.15, -0.1) is 0 Å². The number of hydrogen-bond acceptors (Lipinski definition) is 4. The number of nitrogens with zero attached hydrogens (tertiary/aromatic N) is 2. The number of benzene rings is 2. The van der Waals surface area contributed by atoms with Crippen molar-refractivity contribution in [3.8, 4) is 6.07 Å². The van der Waals surface area contributed by atoms with Gasteiger partial charge in [0.25, 0.3) is 5.91 Å². The fourth-order valence-corrected chi connectivity index (χ4v) is 3.03. The van der Waals surface area contributed by atoms with Crippen molar-refractivity contribution in [2.45, 2.75) is 19.4 Å². The number of hydrogen-bond donors (Lipinski definition) is 2. The number of primary amides is 1. The largest absolute Gasteiger partial charge is 0.373 e. The molecule has 1 atom stereocenters. The fourth-order valence-electron chi connectivity index (χ4n) is 3.03. The minimum absolute atomic E-state index is 0.0663. The topological polar surface area (TPSA) is 99.2 Å². The van der Waals surface area contributed by atoms with Crippen molar-refractivity contribution in [2.24, 2.45) is 5.73 Å². The Hall–Kier alpha value is -3.33. The minimum atomic E-state index is -0.527. The molecule has 1 aliphatic rings. The molecule has 1 fully saturated rings. The highest BCUT2D eigenvalue weighted by Crippen LogP contribution is 2.27. The van der Waals surface area contributed by atoms with Gasteiger partial charge in [0.15, 0.2) is 0 Å². The number of amides is 2. The predicted octanol–water partition coefficient (Wildman–Crippen LogP) is 2.18. The first-order chi connectivity index (χ1) is 12.0. The maximum atomic E-state index is 12.7. The Bertz CT molecular complexity index is 868. The first kappa shape index (κ1) is 16.5. The molecule has 0 aliphatic carbocycles. The highest BCUT2D eigenvalue weighted by atomic mass is 16.2. The van der Waals surface area contributed by atoms with Crippen LogP contribution in [0.15, 0.2) is 42.5 Å². The molecular formula is C19H18N4O2. The van der Waals surface area contributed by atoms with Crippen LogP contribution in [-0.4, -0.2) is 24.4 Å². The van der Waals surface area contributed by atoms with Crippen LogP contribution in [0.2, 0.25) is 0 Å². The van der Waals surface area contributed by atoms with E-state index in [1.54, 1.807) is 41.3 Å². The molecule has 0 bridgehead atoms. The second-order valence-corrected chi connectivity index (χ2v) is 6.00. The Morgan fingerprint density at radius 2 is 2.00 bits per heavy atom. The third kappa shape index (κ3) is 3.17. The Balaban J connectivity index is 1.81. The van der Waals surface area contributed by atoms with Gasteiger partial charge in [-0.1, -0.05) is 12.1 Å². The van der Waals surface area contributed by atoms with E-state index in [1.807, 2.05) is 13.0 Å². The summed E-state index contributed by atoms with van der Waals surface area (Å²) in [5, 5.41) is 12.1. The molecule has 2 aromatic carbocycles. The number of nitrogens with one attached hydrogen (secondary N) is 1. The summed E-state index contributed by atoms with van der Waals surface area (Å²) in [6.45, 7) is 2.44. The van der Waals surface area contributed by atoms with Crippen LogP contribution in [0.4, 0.5) is 11.4 Å². The Kier molecular flexibility index (Phi) is 4.40. The first-order valence-electron chi connectivity index (χ1n) is 7.98. The van der Waals surface area contributed by atoms with Crippen LogP contribution in [0.25, 0.3) is 0 Å². The Morgan fingerprint density at radius 1 is 1.28 bits per heavy atom. The van der Waals surface area contributed by atoms with Gasteiger partial charge in [-0.2, -0.15) is 5.26 Å². The first-order valence-corrected chi connectivity index (χ1v) is 7.98. The SMILES string of the molecule is Cc1cccc(C(N)=O)c1N[C@@H]1CCN(c2ccc(C#N)cc2)C1=O. The zero-order chi connectivity index (χ0) is 18.0. The maximum Gasteiger partial charge on any atom is 0.250 e. The molecule has 6 heteroatoms. The summed E-state index contributed by atoms with van der Waals surface area (Å²) in [7, 11) is 0. The van der Waals surface area contributed by atoms with Crippen molar-refractivity contribution in [3.63, 3.8) is 0 Å². The zero-order valence-corrected chi connectivity index (χ0v) is 13.8. The normalized spacial score (nSPS) is 16.6. The monoisotopic (exact) mass is 334 g/mol. The molecule has 0 saturated carbocycles. The van der Waals surface area contributed by atoms with Crippen molar-refractivity contribution >= 4 is 23.2 Å². The number of rotatable bonds is 4. The van der Waals surface area contributed by atoms with Crippen LogP contribution in [0.5, 0.6) is 0 Å². The van der Waals surface area contributed by atoms with Gasteiger partial charge in [0.2, 0.25) is 5.91 Å². The van der Waals surface area contributed by atoms with Gasteiger partial charge in [-0.3, -0.25) is 9.59 Å². The third-order valence-corrected chi connectivity index (χ3v) is 4.37. The number of nitrogens with two attached hydrogens (primary N) is 1. The minimum Gasteiger partial charge on any atom is -0.373 e.